The molecular weight excluding hydrogens is 402 g/mol. The van der Waals surface area contributed by atoms with E-state index in [1.807, 2.05) is 35.7 Å². The van der Waals surface area contributed by atoms with Crippen LogP contribution in [0.5, 0.6) is 0 Å². The molecule has 5 aromatic rings. The molecule has 9 heteroatoms. The Balaban J connectivity index is 1.20. The summed E-state index contributed by atoms with van der Waals surface area (Å²) < 4.78 is 11.0. The van der Waals surface area contributed by atoms with Crippen LogP contribution in [0, 0.1) is 0 Å². The van der Waals surface area contributed by atoms with Gasteiger partial charge < -0.3 is 14.3 Å². The number of hydrogen-bond acceptors (Lipinski definition) is 8. The molecule has 0 spiro atoms. The highest BCUT2D eigenvalue weighted by Gasteiger charge is 2.14. The van der Waals surface area contributed by atoms with Gasteiger partial charge in [0.2, 0.25) is 17.6 Å². The number of hydrogen-bond donors (Lipinski definition) is 1. The van der Waals surface area contributed by atoms with E-state index in [9.17, 15) is 4.79 Å². The van der Waals surface area contributed by atoms with Crippen molar-refractivity contribution >= 4 is 33.3 Å². The van der Waals surface area contributed by atoms with E-state index in [2.05, 4.69) is 25.4 Å². The quantitative estimate of drug-likeness (QED) is 0.431. The van der Waals surface area contributed by atoms with Crippen LogP contribution in [0.2, 0.25) is 0 Å². The highest BCUT2D eigenvalue weighted by atomic mass is 32.1. The lowest BCUT2D eigenvalue weighted by Crippen LogP contribution is -2.12. The molecule has 0 saturated carbocycles. The van der Waals surface area contributed by atoms with Crippen molar-refractivity contribution in [2.75, 3.05) is 5.32 Å². The number of aromatic nitrogens is 4. The Kier molecular flexibility index (Phi) is 4.78. The predicted octanol–water partition coefficient (Wildman–Crippen LogP) is 4.57. The van der Waals surface area contributed by atoms with E-state index in [-0.39, 0.29) is 12.3 Å². The number of fused-ring (bicyclic) bond motifs is 1. The van der Waals surface area contributed by atoms with Crippen LogP contribution >= 0.6 is 11.3 Å². The van der Waals surface area contributed by atoms with Gasteiger partial charge in [-0.15, -0.1) is 11.3 Å². The standard InChI is InChI=1S/C21H15N5O3S/c27-18(5-6-19-25-20(26-29-19)13-7-9-22-10-8-13)24-21-23-15(12-30-21)17-11-14-3-1-2-4-16(14)28-17/h1-4,7-12H,5-6H2,(H,23,24,27). The summed E-state index contributed by atoms with van der Waals surface area (Å²) in [6.07, 6.45) is 3.86. The zero-order valence-electron chi connectivity index (χ0n) is 15.6. The summed E-state index contributed by atoms with van der Waals surface area (Å²) in [6, 6.07) is 13.3. The predicted molar refractivity (Wildman–Crippen MR) is 112 cm³/mol. The van der Waals surface area contributed by atoms with E-state index in [1.54, 1.807) is 24.5 Å². The summed E-state index contributed by atoms with van der Waals surface area (Å²) in [5, 5.41) is 10.1. The maximum atomic E-state index is 12.3. The molecular formula is C21H15N5O3S. The molecule has 0 radical (unpaired) electrons. The number of rotatable bonds is 6. The Labute approximate surface area is 174 Å². The number of pyridine rings is 1. The molecule has 4 heterocycles. The van der Waals surface area contributed by atoms with Crippen molar-refractivity contribution in [2.24, 2.45) is 0 Å². The lowest BCUT2D eigenvalue weighted by atomic mass is 10.2. The van der Waals surface area contributed by atoms with Gasteiger partial charge in [-0.2, -0.15) is 4.98 Å². The van der Waals surface area contributed by atoms with Crippen molar-refractivity contribution < 1.29 is 13.7 Å². The molecule has 0 aliphatic carbocycles. The van der Waals surface area contributed by atoms with Gasteiger partial charge in [0.25, 0.3) is 0 Å². The number of nitrogens with zero attached hydrogens (tertiary/aromatic N) is 4. The third kappa shape index (κ3) is 3.83. The fourth-order valence-corrected chi connectivity index (χ4v) is 3.65. The molecule has 1 N–H and O–H groups in total. The second-order valence-electron chi connectivity index (χ2n) is 6.48. The second kappa shape index (κ2) is 7.88. The maximum absolute atomic E-state index is 12.3. The van der Waals surface area contributed by atoms with Gasteiger partial charge in [-0.1, -0.05) is 23.4 Å². The molecule has 1 amide bonds. The van der Waals surface area contributed by atoms with Crippen molar-refractivity contribution in [1.29, 1.82) is 0 Å². The Hall–Kier alpha value is -3.85. The topological polar surface area (TPSA) is 107 Å². The summed E-state index contributed by atoms with van der Waals surface area (Å²) >= 11 is 1.35. The Morgan fingerprint density at radius 1 is 1.10 bits per heavy atom. The van der Waals surface area contributed by atoms with Crippen molar-refractivity contribution in [3.8, 4) is 22.8 Å². The van der Waals surface area contributed by atoms with Gasteiger partial charge in [-0.05, 0) is 24.3 Å². The van der Waals surface area contributed by atoms with Crippen molar-refractivity contribution in [3.63, 3.8) is 0 Å². The molecule has 30 heavy (non-hydrogen) atoms. The van der Waals surface area contributed by atoms with Gasteiger partial charge in [-0.3, -0.25) is 9.78 Å². The molecule has 0 bridgehead atoms. The summed E-state index contributed by atoms with van der Waals surface area (Å²) in [5.41, 5.74) is 2.30. The van der Waals surface area contributed by atoms with E-state index < -0.39 is 0 Å². The molecule has 8 nitrogen and oxygen atoms in total. The minimum atomic E-state index is -0.177. The van der Waals surface area contributed by atoms with Gasteiger partial charge in [0, 0.05) is 41.6 Å². The number of anilines is 1. The first kappa shape index (κ1) is 18.2. The van der Waals surface area contributed by atoms with Crippen LogP contribution in [-0.2, 0) is 11.2 Å². The van der Waals surface area contributed by atoms with Crippen LogP contribution in [0.15, 0.2) is 69.2 Å². The number of para-hydroxylation sites is 1. The van der Waals surface area contributed by atoms with E-state index >= 15 is 0 Å². The number of benzene rings is 1. The van der Waals surface area contributed by atoms with Crippen LogP contribution in [0.4, 0.5) is 5.13 Å². The fourth-order valence-electron chi connectivity index (χ4n) is 2.93. The smallest absolute Gasteiger partial charge is 0.227 e. The van der Waals surface area contributed by atoms with Gasteiger partial charge >= 0.3 is 0 Å². The zero-order valence-corrected chi connectivity index (χ0v) is 16.4. The van der Waals surface area contributed by atoms with E-state index in [0.717, 1.165) is 16.5 Å². The number of furan rings is 1. The van der Waals surface area contributed by atoms with Gasteiger partial charge in [0.1, 0.15) is 11.3 Å². The number of thiazole rings is 1. The average molecular weight is 417 g/mol. The molecule has 0 atom stereocenters. The first-order valence-corrected chi connectivity index (χ1v) is 10.1. The van der Waals surface area contributed by atoms with Crippen LogP contribution in [0.25, 0.3) is 33.8 Å². The minimum absolute atomic E-state index is 0.177. The number of aryl methyl sites for hydroxylation is 1. The molecule has 148 valence electrons. The van der Waals surface area contributed by atoms with Gasteiger partial charge in [0.05, 0.1) is 0 Å². The number of nitrogens with one attached hydrogen (secondary N) is 1. The lowest BCUT2D eigenvalue weighted by Gasteiger charge is -1.99. The molecule has 0 fully saturated rings. The molecule has 1 aromatic carbocycles. The highest BCUT2D eigenvalue weighted by Crippen LogP contribution is 2.30. The van der Waals surface area contributed by atoms with Crippen LogP contribution < -0.4 is 5.32 Å². The van der Waals surface area contributed by atoms with Gasteiger partial charge in [0.15, 0.2) is 10.9 Å². The summed E-state index contributed by atoms with van der Waals surface area (Å²) in [7, 11) is 0. The lowest BCUT2D eigenvalue weighted by molar-refractivity contribution is -0.116. The third-order valence-electron chi connectivity index (χ3n) is 4.40. The van der Waals surface area contributed by atoms with E-state index in [4.69, 9.17) is 8.94 Å². The normalized spacial score (nSPS) is 11.1. The second-order valence-corrected chi connectivity index (χ2v) is 7.34. The van der Waals surface area contributed by atoms with E-state index in [1.165, 1.54) is 11.3 Å². The van der Waals surface area contributed by atoms with E-state index in [0.29, 0.717) is 34.7 Å². The van der Waals surface area contributed by atoms with Crippen molar-refractivity contribution in [3.05, 3.63) is 66.1 Å². The van der Waals surface area contributed by atoms with Crippen molar-refractivity contribution in [1.82, 2.24) is 20.1 Å². The molecule has 5 rings (SSSR count). The SMILES string of the molecule is O=C(CCc1nc(-c2ccncc2)no1)Nc1nc(-c2cc3ccccc3o2)cs1. The first-order valence-electron chi connectivity index (χ1n) is 9.22. The van der Waals surface area contributed by atoms with Gasteiger partial charge in [-0.25, -0.2) is 4.98 Å². The largest absolute Gasteiger partial charge is 0.454 e. The molecule has 0 saturated heterocycles. The average Bonchev–Trinajstić information content (AvgIpc) is 3.52. The zero-order chi connectivity index (χ0) is 20.3. The van der Waals surface area contributed by atoms with Crippen LogP contribution in [0.3, 0.4) is 0 Å². The van der Waals surface area contributed by atoms with Crippen LogP contribution in [0.1, 0.15) is 12.3 Å². The number of carbonyl (C=O) groups is 1. The molecule has 0 aliphatic rings. The summed E-state index contributed by atoms with van der Waals surface area (Å²) in [5.74, 6) is 1.37. The number of carbonyl (C=O) groups excluding carboxylic acids is 1. The van der Waals surface area contributed by atoms with Crippen LogP contribution in [-0.4, -0.2) is 26.0 Å². The Morgan fingerprint density at radius 3 is 2.83 bits per heavy atom. The maximum Gasteiger partial charge on any atom is 0.227 e. The first-order chi connectivity index (χ1) is 14.7. The van der Waals surface area contributed by atoms with Crippen molar-refractivity contribution in [2.45, 2.75) is 12.8 Å². The number of amides is 1. The fraction of sp³-hybridized carbons (Fsp3) is 0.0952. The highest BCUT2D eigenvalue weighted by molar-refractivity contribution is 7.14. The third-order valence-corrected chi connectivity index (χ3v) is 5.16. The minimum Gasteiger partial charge on any atom is -0.454 e. The Morgan fingerprint density at radius 2 is 1.97 bits per heavy atom. The summed E-state index contributed by atoms with van der Waals surface area (Å²) in [6.45, 7) is 0. The monoisotopic (exact) mass is 417 g/mol. The summed E-state index contributed by atoms with van der Waals surface area (Å²) in [4.78, 5) is 25.0. The molecule has 0 aliphatic heterocycles. The molecule has 0 unspecified atom stereocenters. The Bertz CT molecular complexity index is 1280. The molecule has 4 aromatic heterocycles.